The summed E-state index contributed by atoms with van der Waals surface area (Å²) in [6.07, 6.45) is 1.68. The molecule has 7 nitrogen and oxygen atoms in total. The van der Waals surface area contributed by atoms with E-state index in [0.29, 0.717) is 23.6 Å². The van der Waals surface area contributed by atoms with Crippen LogP contribution in [0.2, 0.25) is 5.02 Å². The Hall–Kier alpha value is -3.36. The van der Waals surface area contributed by atoms with Crippen LogP contribution in [0.4, 0.5) is 5.69 Å². The van der Waals surface area contributed by atoms with Gasteiger partial charge in [0.25, 0.3) is 10.0 Å². The topological polar surface area (TPSA) is 86.8 Å². The second-order valence-corrected chi connectivity index (χ2v) is 12.0. The maximum Gasteiger partial charge on any atom is 0.264 e. The van der Waals surface area contributed by atoms with Gasteiger partial charge in [-0.2, -0.15) is 0 Å². The standard InChI is InChI=1S/C31H38ClN3O4S/c1-5-23(4)33-31(37)28(7-3)34(21-24-17-19-26(32)20-18-24)30(36)22-35(29-16-12-11-13-25(29)6-2)40(38,39)27-14-9-8-10-15-27/h8-20,23,28H,5-7,21-22H2,1-4H3,(H,33,37). The highest BCUT2D eigenvalue weighted by molar-refractivity contribution is 7.92. The summed E-state index contributed by atoms with van der Waals surface area (Å²) in [5.41, 5.74) is 2.00. The summed E-state index contributed by atoms with van der Waals surface area (Å²) in [4.78, 5) is 29.1. The van der Waals surface area contributed by atoms with Crippen molar-refractivity contribution in [1.29, 1.82) is 0 Å². The van der Waals surface area contributed by atoms with Gasteiger partial charge in [-0.15, -0.1) is 0 Å². The Balaban J connectivity index is 2.08. The van der Waals surface area contributed by atoms with Crippen molar-refractivity contribution in [3.8, 4) is 0 Å². The molecule has 0 aromatic heterocycles. The van der Waals surface area contributed by atoms with Crippen LogP contribution in [-0.2, 0) is 32.6 Å². The Bertz CT molecular complexity index is 1380. The smallest absolute Gasteiger partial charge is 0.264 e. The van der Waals surface area contributed by atoms with Crippen molar-refractivity contribution in [3.05, 3.63) is 95.0 Å². The number of nitrogens with one attached hydrogen (secondary N) is 1. The zero-order chi connectivity index (χ0) is 29.3. The minimum absolute atomic E-state index is 0.0691. The molecule has 1 N–H and O–H groups in total. The molecular formula is C31H38ClN3O4S. The van der Waals surface area contributed by atoms with Crippen molar-refractivity contribution >= 4 is 39.1 Å². The molecule has 0 aliphatic heterocycles. The van der Waals surface area contributed by atoms with Gasteiger partial charge < -0.3 is 10.2 Å². The number of anilines is 1. The molecule has 9 heteroatoms. The summed E-state index contributed by atoms with van der Waals surface area (Å²) in [7, 11) is -4.10. The predicted octanol–water partition coefficient (Wildman–Crippen LogP) is 5.82. The summed E-state index contributed by atoms with van der Waals surface area (Å²) < 4.78 is 29.1. The van der Waals surface area contributed by atoms with Crippen molar-refractivity contribution < 1.29 is 18.0 Å². The number of amides is 2. The van der Waals surface area contributed by atoms with E-state index in [4.69, 9.17) is 11.6 Å². The van der Waals surface area contributed by atoms with Gasteiger partial charge in [0.1, 0.15) is 12.6 Å². The third kappa shape index (κ3) is 7.64. The first-order valence-electron chi connectivity index (χ1n) is 13.6. The molecule has 2 amide bonds. The van der Waals surface area contributed by atoms with Gasteiger partial charge in [-0.3, -0.25) is 13.9 Å². The van der Waals surface area contributed by atoms with E-state index in [1.807, 2.05) is 39.8 Å². The van der Waals surface area contributed by atoms with Crippen LogP contribution in [0.1, 0.15) is 51.7 Å². The monoisotopic (exact) mass is 583 g/mol. The number of halogens is 1. The molecule has 0 saturated carbocycles. The zero-order valence-corrected chi connectivity index (χ0v) is 25.1. The molecule has 2 unspecified atom stereocenters. The molecule has 2 atom stereocenters. The molecular weight excluding hydrogens is 546 g/mol. The molecule has 3 aromatic rings. The largest absolute Gasteiger partial charge is 0.352 e. The average Bonchev–Trinajstić information content (AvgIpc) is 2.96. The molecule has 3 rings (SSSR count). The fraction of sp³-hybridized carbons (Fsp3) is 0.355. The Labute approximate surface area is 243 Å². The highest BCUT2D eigenvalue weighted by Crippen LogP contribution is 2.28. The van der Waals surface area contributed by atoms with E-state index in [0.717, 1.165) is 21.9 Å². The molecule has 0 radical (unpaired) electrons. The van der Waals surface area contributed by atoms with Gasteiger partial charge in [0.2, 0.25) is 11.8 Å². The van der Waals surface area contributed by atoms with Crippen molar-refractivity contribution in [3.63, 3.8) is 0 Å². The predicted molar refractivity (Wildman–Crippen MR) is 161 cm³/mol. The van der Waals surface area contributed by atoms with Crippen LogP contribution in [0.5, 0.6) is 0 Å². The van der Waals surface area contributed by atoms with Crippen LogP contribution in [-0.4, -0.2) is 43.8 Å². The average molecular weight is 584 g/mol. The number of hydrogen-bond donors (Lipinski definition) is 1. The molecule has 0 heterocycles. The molecule has 0 fully saturated rings. The quantitative estimate of drug-likeness (QED) is 0.275. The van der Waals surface area contributed by atoms with E-state index < -0.39 is 28.5 Å². The van der Waals surface area contributed by atoms with Crippen LogP contribution >= 0.6 is 11.6 Å². The zero-order valence-electron chi connectivity index (χ0n) is 23.5. The number of carbonyl (C=O) groups excluding carboxylic acids is 2. The van der Waals surface area contributed by atoms with Crippen molar-refractivity contribution in [2.24, 2.45) is 0 Å². The van der Waals surface area contributed by atoms with E-state index in [9.17, 15) is 18.0 Å². The number of benzene rings is 3. The fourth-order valence-corrected chi connectivity index (χ4v) is 6.03. The van der Waals surface area contributed by atoms with Gasteiger partial charge in [0, 0.05) is 17.6 Å². The molecule has 3 aromatic carbocycles. The van der Waals surface area contributed by atoms with Crippen molar-refractivity contribution in [2.45, 2.75) is 70.5 Å². The lowest BCUT2D eigenvalue weighted by molar-refractivity contribution is -0.140. The van der Waals surface area contributed by atoms with Crippen LogP contribution in [0, 0.1) is 0 Å². The first-order valence-corrected chi connectivity index (χ1v) is 15.4. The van der Waals surface area contributed by atoms with Gasteiger partial charge in [0.05, 0.1) is 10.6 Å². The van der Waals surface area contributed by atoms with Gasteiger partial charge in [-0.25, -0.2) is 8.42 Å². The Morgan fingerprint density at radius 1 is 0.875 bits per heavy atom. The third-order valence-electron chi connectivity index (χ3n) is 6.90. The van der Waals surface area contributed by atoms with Gasteiger partial charge in [-0.1, -0.05) is 80.9 Å². The van der Waals surface area contributed by atoms with Gasteiger partial charge in [0.15, 0.2) is 0 Å². The van der Waals surface area contributed by atoms with Crippen molar-refractivity contribution in [2.75, 3.05) is 10.8 Å². The molecule has 214 valence electrons. The van der Waals surface area contributed by atoms with E-state index in [1.54, 1.807) is 54.6 Å². The first-order chi connectivity index (χ1) is 19.1. The van der Waals surface area contributed by atoms with Crippen molar-refractivity contribution in [1.82, 2.24) is 10.2 Å². The molecule has 0 aliphatic carbocycles. The molecule has 0 saturated heterocycles. The van der Waals surface area contributed by atoms with Crippen LogP contribution in [0.25, 0.3) is 0 Å². The number of carbonyl (C=O) groups is 2. The number of aryl methyl sites for hydroxylation is 1. The van der Waals surface area contributed by atoms with Crippen LogP contribution in [0.15, 0.2) is 83.8 Å². The summed E-state index contributed by atoms with van der Waals surface area (Å²) >= 11 is 6.08. The number of sulfonamides is 1. The second-order valence-electron chi connectivity index (χ2n) is 9.70. The van der Waals surface area contributed by atoms with E-state index >= 15 is 0 Å². The summed E-state index contributed by atoms with van der Waals surface area (Å²) in [6, 6.07) is 21.4. The Kier molecular flexibility index (Phi) is 11.2. The lowest BCUT2D eigenvalue weighted by Crippen LogP contribution is -2.53. The highest BCUT2D eigenvalue weighted by atomic mass is 35.5. The second kappa shape index (κ2) is 14.3. The minimum atomic E-state index is -4.10. The van der Waals surface area contributed by atoms with Crippen LogP contribution < -0.4 is 9.62 Å². The summed E-state index contributed by atoms with van der Waals surface area (Å²) in [6.45, 7) is 7.32. The summed E-state index contributed by atoms with van der Waals surface area (Å²) in [5.74, 6) is -0.753. The lowest BCUT2D eigenvalue weighted by atomic mass is 10.1. The molecule has 0 bridgehead atoms. The van der Waals surface area contributed by atoms with E-state index in [-0.39, 0.29) is 23.4 Å². The minimum Gasteiger partial charge on any atom is -0.352 e. The summed E-state index contributed by atoms with van der Waals surface area (Å²) in [5, 5.41) is 3.54. The van der Waals surface area contributed by atoms with Gasteiger partial charge in [-0.05, 0) is 67.6 Å². The fourth-order valence-electron chi connectivity index (χ4n) is 4.43. The molecule has 40 heavy (non-hydrogen) atoms. The third-order valence-corrected chi connectivity index (χ3v) is 8.93. The Morgan fingerprint density at radius 3 is 2.10 bits per heavy atom. The normalized spacial score (nSPS) is 12.8. The van der Waals surface area contributed by atoms with Gasteiger partial charge >= 0.3 is 0 Å². The maximum atomic E-state index is 14.1. The number of rotatable bonds is 13. The SMILES string of the molecule is CCc1ccccc1N(CC(=O)N(Cc1ccc(Cl)cc1)C(CC)C(=O)NC(C)CC)S(=O)(=O)c1ccccc1. The first kappa shape index (κ1) is 31.2. The van der Waals surface area contributed by atoms with Crippen LogP contribution in [0.3, 0.4) is 0 Å². The number of nitrogens with zero attached hydrogens (tertiary/aromatic N) is 2. The van der Waals surface area contributed by atoms with E-state index in [2.05, 4.69) is 5.32 Å². The molecule has 0 aliphatic rings. The Morgan fingerprint density at radius 2 is 1.50 bits per heavy atom. The lowest BCUT2D eigenvalue weighted by Gasteiger charge is -2.34. The van der Waals surface area contributed by atoms with E-state index in [1.165, 1.54) is 17.0 Å². The highest BCUT2D eigenvalue weighted by Gasteiger charge is 2.34. The molecule has 0 spiro atoms. The number of para-hydroxylation sites is 1. The number of hydrogen-bond acceptors (Lipinski definition) is 4. The maximum absolute atomic E-state index is 14.1.